The number of rotatable bonds is 7. The van der Waals surface area contributed by atoms with Gasteiger partial charge in [-0.3, -0.25) is 0 Å². The van der Waals surface area contributed by atoms with Crippen LogP contribution in [0.15, 0.2) is 36.4 Å². The predicted molar refractivity (Wildman–Crippen MR) is 87.6 cm³/mol. The molecule has 0 atom stereocenters. The van der Waals surface area contributed by atoms with Gasteiger partial charge in [0.25, 0.3) is 0 Å². The van der Waals surface area contributed by atoms with Gasteiger partial charge in [0.05, 0.1) is 18.8 Å². The molecule has 1 aromatic rings. The van der Waals surface area contributed by atoms with Crippen LogP contribution in [0, 0.1) is 17.2 Å². The molecule has 2 rings (SSSR count). The summed E-state index contributed by atoms with van der Waals surface area (Å²) in [7, 11) is 0. The van der Waals surface area contributed by atoms with Crippen LogP contribution < -0.4 is 4.74 Å². The van der Waals surface area contributed by atoms with E-state index in [1.165, 1.54) is 18.2 Å². The van der Waals surface area contributed by atoms with Crippen LogP contribution in [0.3, 0.4) is 0 Å². The van der Waals surface area contributed by atoms with E-state index in [0.29, 0.717) is 12.5 Å². The minimum absolute atomic E-state index is 0.206. The van der Waals surface area contributed by atoms with Crippen LogP contribution in [0.4, 0.5) is 13.2 Å². The van der Waals surface area contributed by atoms with E-state index in [0.717, 1.165) is 44.1 Å². The Morgan fingerprint density at radius 3 is 2.40 bits per heavy atom. The molecule has 1 aliphatic rings. The Balaban J connectivity index is 1.67. The van der Waals surface area contributed by atoms with Gasteiger partial charge in [-0.15, -0.1) is 13.2 Å². The number of alkyl halides is 3. The van der Waals surface area contributed by atoms with Crippen molar-refractivity contribution >= 4 is 0 Å². The van der Waals surface area contributed by atoms with E-state index in [1.54, 1.807) is 12.1 Å². The quantitative estimate of drug-likeness (QED) is 0.606. The van der Waals surface area contributed by atoms with Gasteiger partial charge in [0.1, 0.15) is 5.75 Å². The zero-order valence-electron chi connectivity index (χ0n) is 14.0. The van der Waals surface area contributed by atoms with E-state index in [-0.39, 0.29) is 11.9 Å². The summed E-state index contributed by atoms with van der Waals surface area (Å²) in [6.07, 6.45) is 5.26. The van der Waals surface area contributed by atoms with Crippen molar-refractivity contribution < 1.29 is 22.6 Å². The molecule has 1 fully saturated rings. The van der Waals surface area contributed by atoms with Crippen LogP contribution in [0.1, 0.15) is 44.1 Å². The van der Waals surface area contributed by atoms with Crippen molar-refractivity contribution in [1.29, 1.82) is 5.26 Å². The summed E-state index contributed by atoms with van der Waals surface area (Å²) in [5.74, 6) is 0.462. The molecule has 1 saturated carbocycles. The number of benzene rings is 1. The minimum atomic E-state index is -4.67. The molecule has 0 spiro atoms. The summed E-state index contributed by atoms with van der Waals surface area (Å²) in [5.41, 5.74) is 0.832. The first-order valence-electron chi connectivity index (χ1n) is 8.47. The molecule has 1 aromatic carbocycles. The first-order valence-corrected chi connectivity index (χ1v) is 8.47. The monoisotopic (exact) mass is 353 g/mol. The molecule has 0 radical (unpaired) electrons. The Hall–Kier alpha value is -2.00. The highest BCUT2D eigenvalue weighted by molar-refractivity contribution is 5.27. The Labute approximate surface area is 146 Å². The number of nitriles is 1. The topological polar surface area (TPSA) is 42.2 Å². The second-order valence-corrected chi connectivity index (χ2v) is 6.25. The third kappa shape index (κ3) is 7.61. The van der Waals surface area contributed by atoms with Gasteiger partial charge in [-0.2, -0.15) is 5.26 Å². The lowest BCUT2D eigenvalue weighted by Crippen LogP contribution is -2.21. The fraction of sp³-hybridized carbons (Fsp3) is 0.526. The van der Waals surface area contributed by atoms with Gasteiger partial charge in [-0.25, -0.2) is 0 Å². The fourth-order valence-electron chi connectivity index (χ4n) is 3.06. The number of nitrogens with zero attached hydrogens (tertiary/aromatic N) is 1. The van der Waals surface area contributed by atoms with Crippen molar-refractivity contribution in [3.05, 3.63) is 42.0 Å². The van der Waals surface area contributed by atoms with E-state index in [9.17, 15) is 13.2 Å². The maximum absolute atomic E-state index is 12.1. The van der Waals surface area contributed by atoms with Crippen LogP contribution >= 0.6 is 0 Å². The number of allylic oxidation sites excluding steroid dienone is 2. The van der Waals surface area contributed by atoms with Crippen LogP contribution in [0.2, 0.25) is 0 Å². The number of hydrogen-bond acceptors (Lipinski definition) is 3. The van der Waals surface area contributed by atoms with Gasteiger partial charge < -0.3 is 9.47 Å². The van der Waals surface area contributed by atoms with Crippen molar-refractivity contribution in [3.8, 4) is 11.8 Å². The Kier molecular flexibility index (Phi) is 7.32. The molecule has 0 saturated heterocycles. The molecule has 0 amide bonds. The summed E-state index contributed by atoms with van der Waals surface area (Å²) in [6.45, 7) is 0.395. The second-order valence-electron chi connectivity index (χ2n) is 6.25. The highest BCUT2D eigenvalue weighted by Gasteiger charge is 2.31. The molecule has 6 heteroatoms. The van der Waals surface area contributed by atoms with Crippen molar-refractivity contribution in [1.82, 2.24) is 0 Å². The molecule has 0 bridgehead atoms. The summed E-state index contributed by atoms with van der Waals surface area (Å²) in [5, 5.41) is 8.45. The number of halogens is 3. The molecule has 0 aromatic heterocycles. The maximum Gasteiger partial charge on any atom is 0.573 e. The Morgan fingerprint density at radius 2 is 1.80 bits per heavy atom. The van der Waals surface area contributed by atoms with Gasteiger partial charge in [0.15, 0.2) is 0 Å². The molecular formula is C19H22F3NO2. The smallest absolute Gasteiger partial charge is 0.406 e. The lowest BCUT2D eigenvalue weighted by molar-refractivity contribution is -0.274. The zero-order valence-corrected chi connectivity index (χ0v) is 14.0. The number of hydrogen-bond donors (Lipinski definition) is 0. The van der Waals surface area contributed by atoms with Crippen molar-refractivity contribution in [2.75, 3.05) is 0 Å². The molecule has 136 valence electrons. The standard InChI is InChI=1S/C19H22F3NO2/c20-19(21,22)25-18-11-7-16(8-12-18)14-24-17-9-5-15(6-10-17)4-2-1-3-13-23/h1,3,7-8,11-12,15,17H,2,4-6,9-10,14H2/b3-1+/t15-,17-. The summed E-state index contributed by atoms with van der Waals surface area (Å²) < 4.78 is 46.1. The molecule has 0 N–H and O–H groups in total. The van der Waals surface area contributed by atoms with Gasteiger partial charge in [-0.05, 0) is 62.1 Å². The fourth-order valence-corrected chi connectivity index (χ4v) is 3.06. The van der Waals surface area contributed by atoms with Crippen LogP contribution in [0.25, 0.3) is 0 Å². The molecule has 25 heavy (non-hydrogen) atoms. The first kappa shape index (κ1) is 19.3. The Morgan fingerprint density at radius 1 is 1.12 bits per heavy atom. The van der Waals surface area contributed by atoms with Crippen molar-refractivity contribution in [3.63, 3.8) is 0 Å². The lowest BCUT2D eigenvalue weighted by Gasteiger charge is -2.28. The summed E-state index contributed by atoms with van der Waals surface area (Å²) in [4.78, 5) is 0. The average Bonchev–Trinajstić information content (AvgIpc) is 2.58. The van der Waals surface area contributed by atoms with E-state index in [2.05, 4.69) is 4.74 Å². The van der Waals surface area contributed by atoms with E-state index >= 15 is 0 Å². The van der Waals surface area contributed by atoms with Crippen LogP contribution in [-0.4, -0.2) is 12.5 Å². The predicted octanol–water partition coefficient (Wildman–Crippen LogP) is 5.52. The second kappa shape index (κ2) is 9.47. The van der Waals surface area contributed by atoms with Gasteiger partial charge in [0, 0.05) is 6.08 Å². The molecule has 3 nitrogen and oxygen atoms in total. The van der Waals surface area contributed by atoms with E-state index < -0.39 is 6.36 Å². The largest absolute Gasteiger partial charge is 0.573 e. The van der Waals surface area contributed by atoms with E-state index in [1.807, 2.05) is 12.1 Å². The summed E-state index contributed by atoms with van der Waals surface area (Å²) in [6, 6.07) is 7.79. The average molecular weight is 353 g/mol. The van der Waals surface area contributed by atoms with Gasteiger partial charge in [0.2, 0.25) is 0 Å². The van der Waals surface area contributed by atoms with Crippen LogP contribution in [-0.2, 0) is 11.3 Å². The normalized spacial score (nSPS) is 21.2. The SMILES string of the molecule is N#C/C=C/CC[C@H]1CC[C@H](OCc2ccc(OC(F)(F)F)cc2)CC1. The highest BCUT2D eigenvalue weighted by atomic mass is 19.4. The maximum atomic E-state index is 12.1. The molecule has 0 aliphatic heterocycles. The molecule has 0 unspecified atom stereocenters. The molecule has 1 aliphatic carbocycles. The number of ether oxygens (including phenoxy) is 2. The molecular weight excluding hydrogens is 331 g/mol. The van der Waals surface area contributed by atoms with E-state index in [4.69, 9.17) is 10.00 Å². The highest BCUT2D eigenvalue weighted by Crippen LogP contribution is 2.30. The van der Waals surface area contributed by atoms with Gasteiger partial charge in [-0.1, -0.05) is 18.2 Å². The Bertz CT molecular complexity index is 582. The minimum Gasteiger partial charge on any atom is -0.406 e. The van der Waals surface area contributed by atoms with Crippen molar-refractivity contribution in [2.45, 2.75) is 57.6 Å². The third-order valence-electron chi connectivity index (χ3n) is 4.37. The first-order chi connectivity index (χ1) is 12.0. The van der Waals surface area contributed by atoms with Crippen LogP contribution in [0.5, 0.6) is 5.75 Å². The van der Waals surface area contributed by atoms with Gasteiger partial charge >= 0.3 is 6.36 Å². The lowest BCUT2D eigenvalue weighted by atomic mass is 9.84. The third-order valence-corrected chi connectivity index (χ3v) is 4.37. The zero-order chi connectivity index (χ0) is 18.1. The molecule has 0 heterocycles. The summed E-state index contributed by atoms with van der Waals surface area (Å²) >= 11 is 0. The van der Waals surface area contributed by atoms with Crippen molar-refractivity contribution in [2.24, 2.45) is 5.92 Å².